The SMILES string of the molecule is C=CC1CC1(/N=C/c1ccccc1)C(=O)O. The Labute approximate surface area is 94.1 Å². The van der Waals surface area contributed by atoms with Crippen molar-refractivity contribution in [3.05, 3.63) is 48.6 Å². The van der Waals surface area contributed by atoms with Crippen molar-refractivity contribution in [2.24, 2.45) is 10.9 Å². The van der Waals surface area contributed by atoms with Crippen molar-refractivity contribution in [1.82, 2.24) is 0 Å². The molecule has 2 atom stereocenters. The van der Waals surface area contributed by atoms with E-state index in [4.69, 9.17) is 5.11 Å². The monoisotopic (exact) mass is 215 g/mol. The molecule has 82 valence electrons. The van der Waals surface area contributed by atoms with Crippen molar-refractivity contribution in [2.45, 2.75) is 12.0 Å². The van der Waals surface area contributed by atoms with Crippen LogP contribution in [0.4, 0.5) is 0 Å². The molecule has 0 spiro atoms. The summed E-state index contributed by atoms with van der Waals surface area (Å²) >= 11 is 0. The van der Waals surface area contributed by atoms with E-state index in [-0.39, 0.29) is 5.92 Å². The van der Waals surface area contributed by atoms with E-state index in [1.165, 1.54) is 0 Å². The lowest BCUT2D eigenvalue weighted by Gasteiger charge is -2.03. The molecule has 2 rings (SSSR count). The second kappa shape index (κ2) is 3.93. The third-order valence-corrected chi connectivity index (χ3v) is 2.88. The molecular weight excluding hydrogens is 202 g/mol. The summed E-state index contributed by atoms with van der Waals surface area (Å²) in [6.45, 7) is 3.62. The highest BCUT2D eigenvalue weighted by Crippen LogP contribution is 2.48. The van der Waals surface area contributed by atoms with Crippen LogP contribution < -0.4 is 0 Å². The number of carboxylic acid groups (broad SMARTS) is 1. The van der Waals surface area contributed by atoms with Crippen LogP contribution in [0.25, 0.3) is 0 Å². The van der Waals surface area contributed by atoms with E-state index < -0.39 is 11.5 Å². The summed E-state index contributed by atoms with van der Waals surface area (Å²) in [5.74, 6) is -0.908. The lowest BCUT2D eigenvalue weighted by Crippen LogP contribution is -2.22. The average Bonchev–Trinajstić information content (AvgIpc) is 3.03. The van der Waals surface area contributed by atoms with Gasteiger partial charge in [-0.2, -0.15) is 0 Å². The van der Waals surface area contributed by atoms with E-state index in [2.05, 4.69) is 11.6 Å². The Balaban J connectivity index is 2.18. The van der Waals surface area contributed by atoms with Gasteiger partial charge in [0.05, 0.1) is 0 Å². The molecule has 1 N–H and O–H groups in total. The maximum Gasteiger partial charge on any atom is 0.332 e. The Morgan fingerprint density at radius 3 is 2.69 bits per heavy atom. The Hall–Kier alpha value is -1.90. The van der Waals surface area contributed by atoms with Gasteiger partial charge in [0.2, 0.25) is 0 Å². The number of nitrogens with zero attached hydrogens (tertiary/aromatic N) is 1. The van der Waals surface area contributed by atoms with Gasteiger partial charge < -0.3 is 5.11 Å². The highest BCUT2D eigenvalue weighted by molar-refractivity contribution is 5.89. The van der Waals surface area contributed by atoms with E-state index in [1.807, 2.05) is 30.3 Å². The molecule has 0 radical (unpaired) electrons. The first kappa shape index (κ1) is 10.6. The molecule has 0 amide bonds. The van der Waals surface area contributed by atoms with Crippen LogP contribution in [0.1, 0.15) is 12.0 Å². The van der Waals surface area contributed by atoms with Crippen LogP contribution in [-0.4, -0.2) is 22.8 Å². The molecule has 1 fully saturated rings. The van der Waals surface area contributed by atoms with Crippen LogP contribution in [0, 0.1) is 5.92 Å². The van der Waals surface area contributed by atoms with Gasteiger partial charge in [-0.3, -0.25) is 4.99 Å². The van der Waals surface area contributed by atoms with Gasteiger partial charge in [0.15, 0.2) is 5.54 Å². The number of carbonyl (C=O) groups is 1. The number of carboxylic acids is 1. The largest absolute Gasteiger partial charge is 0.479 e. The van der Waals surface area contributed by atoms with Crippen LogP contribution in [0.3, 0.4) is 0 Å². The van der Waals surface area contributed by atoms with Gasteiger partial charge in [-0.05, 0) is 12.0 Å². The molecule has 3 heteroatoms. The van der Waals surface area contributed by atoms with Crippen LogP contribution >= 0.6 is 0 Å². The number of rotatable bonds is 4. The topological polar surface area (TPSA) is 49.7 Å². The van der Waals surface area contributed by atoms with Crippen molar-refractivity contribution in [1.29, 1.82) is 0 Å². The van der Waals surface area contributed by atoms with E-state index >= 15 is 0 Å². The smallest absolute Gasteiger partial charge is 0.332 e. The predicted molar refractivity (Wildman–Crippen MR) is 62.7 cm³/mol. The highest BCUT2D eigenvalue weighted by Gasteiger charge is 2.59. The summed E-state index contributed by atoms with van der Waals surface area (Å²) in [7, 11) is 0. The van der Waals surface area contributed by atoms with Gasteiger partial charge in [0.1, 0.15) is 0 Å². The molecule has 0 aromatic heterocycles. The fourth-order valence-electron chi connectivity index (χ4n) is 1.73. The van der Waals surface area contributed by atoms with E-state index in [9.17, 15) is 4.79 Å². The fourth-order valence-corrected chi connectivity index (χ4v) is 1.73. The first-order valence-electron chi connectivity index (χ1n) is 5.15. The van der Waals surface area contributed by atoms with Crippen molar-refractivity contribution in [3.8, 4) is 0 Å². The second-order valence-corrected chi connectivity index (χ2v) is 3.94. The van der Waals surface area contributed by atoms with Crippen molar-refractivity contribution in [3.63, 3.8) is 0 Å². The van der Waals surface area contributed by atoms with Crippen LogP contribution in [0.15, 0.2) is 48.0 Å². The van der Waals surface area contributed by atoms with Crippen molar-refractivity contribution < 1.29 is 9.90 Å². The summed E-state index contributed by atoms with van der Waals surface area (Å²) in [5.41, 5.74) is -0.0461. The number of hydrogen-bond donors (Lipinski definition) is 1. The average molecular weight is 215 g/mol. The third kappa shape index (κ3) is 1.76. The molecule has 1 saturated carbocycles. The fraction of sp³-hybridized carbons (Fsp3) is 0.231. The lowest BCUT2D eigenvalue weighted by molar-refractivity contribution is -0.139. The van der Waals surface area contributed by atoms with Gasteiger partial charge in [0, 0.05) is 12.1 Å². The quantitative estimate of drug-likeness (QED) is 0.618. The molecule has 3 nitrogen and oxygen atoms in total. The molecule has 0 saturated heterocycles. The molecule has 0 bridgehead atoms. The maximum atomic E-state index is 11.1. The molecule has 2 unspecified atom stereocenters. The zero-order valence-corrected chi connectivity index (χ0v) is 8.84. The summed E-state index contributed by atoms with van der Waals surface area (Å²) in [5, 5.41) is 9.12. The van der Waals surface area contributed by atoms with Gasteiger partial charge in [-0.15, -0.1) is 6.58 Å². The first-order chi connectivity index (χ1) is 7.69. The lowest BCUT2D eigenvalue weighted by atomic mass is 10.2. The zero-order valence-electron chi connectivity index (χ0n) is 8.84. The summed E-state index contributed by atoms with van der Waals surface area (Å²) < 4.78 is 0. The van der Waals surface area contributed by atoms with Gasteiger partial charge in [0.25, 0.3) is 0 Å². The van der Waals surface area contributed by atoms with Crippen molar-refractivity contribution in [2.75, 3.05) is 0 Å². The van der Waals surface area contributed by atoms with E-state index in [0.29, 0.717) is 6.42 Å². The summed E-state index contributed by atoms with van der Waals surface area (Å²) in [6, 6.07) is 9.49. The van der Waals surface area contributed by atoms with Gasteiger partial charge in [-0.25, -0.2) is 4.79 Å². The molecule has 1 aromatic rings. The number of aliphatic imine (C=N–C) groups is 1. The third-order valence-electron chi connectivity index (χ3n) is 2.88. The standard InChI is InChI=1S/C13H13NO2/c1-2-11-8-13(11,12(15)16)14-9-10-6-4-3-5-7-10/h2-7,9,11H,1,8H2,(H,15,16)/b14-9+. The van der Waals surface area contributed by atoms with Gasteiger partial charge >= 0.3 is 5.97 Å². The molecule has 0 heterocycles. The van der Waals surface area contributed by atoms with E-state index in [0.717, 1.165) is 5.56 Å². The minimum absolute atomic E-state index is 0.0371. The second-order valence-electron chi connectivity index (χ2n) is 3.94. The Morgan fingerprint density at radius 1 is 1.50 bits per heavy atom. The Bertz CT molecular complexity index is 439. The van der Waals surface area contributed by atoms with Crippen LogP contribution in [-0.2, 0) is 4.79 Å². The molecule has 1 aromatic carbocycles. The number of benzene rings is 1. The first-order valence-corrected chi connectivity index (χ1v) is 5.15. The maximum absolute atomic E-state index is 11.1. The predicted octanol–water partition coefficient (Wildman–Crippen LogP) is 2.13. The number of hydrogen-bond acceptors (Lipinski definition) is 2. The van der Waals surface area contributed by atoms with Crippen LogP contribution in [0.5, 0.6) is 0 Å². The van der Waals surface area contributed by atoms with E-state index in [1.54, 1.807) is 12.3 Å². The number of aliphatic carboxylic acids is 1. The molecule has 1 aliphatic rings. The molecule has 0 aliphatic heterocycles. The molecular formula is C13H13NO2. The molecule has 1 aliphatic carbocycles. The van der Waals surface area contributed by atoms with Gasteiger partial charge in [-0.1, -0.05) is 36.4 Å². The molecule has 16 heavy (non-hydrogen) atoms. The minimum atomic E-state index is -0.961. The van der Waals surface area contributed by atoms with Crippen molar-refractivity contribution >= 4 is 12.2 Å². The minimum Gasteiger partial charge on any atom is -0.479 e. The summed E-state index contributed by atoms with van der Waals surface area (Å²) in [4.78, 5) is 15.3. The van der Waals surface area contributed by atoms with Crippen LogP contribution in [0.2, 0.25) is 0 Å². The zero-order chi connectivity index (χ0) is 11.6. The summed E-state index contributed by atoms with van der Waals surface area (Å²) in [6.07, 6.45) is 3.84. The Morgan fingerprint density at radius 2 is 2.19 bits per heavy atom. The normalized spacial score (nSPS) is 27.9. The highest BCUT2D eigenvalue weighted by atomic mass is 16.4. The Kier molecular flexibility index (Phi) is 2.60.